The molecule has 3 heterocycles. The van der Waals surface area contributed by atoms with Crippen LogP contribution in [0.2, 0.25) is 0 Å². The summed E-state index contributed by atoms with van der Waals surface area (Å²) in [7, 11) is 0. The Morgan fingerprint density at radius 1 is 1.21 bits per heavy atom. The molecule has 1 amide bonds. The molecule has 11 heteroatoms. The number of amides is 1. The molecular formula is C18H14N4O5S2. The second-order valence-corrected chi connectivity index (χ2v) is 7.47. The van der Waals surface area contributed by atoms with Crippen molar-refractivity contribution in [2.45, 2.75) is 10.6 Å². The molecule has 0 saturated heterocycles. The fourth-order valence-corrected chi connectivity index (χ4v) is 4.67. The van der Waals surface area contributed by atoms with Gasteiger partial charge in [0.25, 0.3) is 5.91 Å². The molecule has 0 bridgehead atoms. The zero-order valence-corrected chi connectivity index (χ0v) is 16.4. The van der Waals surface area contributed by atoms with Crippen molar-refractivity contribution in [2.24, 2.45) is 10.9 Å². The molecule has 2 aliphatic rings. The van der Waals surface area contributed by atoms with Crippen molar-refractivity contribution in [3.05, 3.63) is 47.7 Å². The summed E-state index contributed by atoms with van der Waals surface area (Å²) in [5, 5.41) is 9.68. The highest BCUT2D eigenvalue weighted by molar-refractivity contribution is 7.98. The van der Waals surface area contributed by atoms with Crippen LogP contribution in [-0.4, -0.2) is 22.5 Å². The van der Waals surface area contributed by atoms with Crippen LogP contribution in [0.1, 0.15) is 16.1 Å². The lowest BCUT2D eigenvalue weighted by Crippen LogP contribution is -2.13. The van der Waals surface area contributed by atoms with E-state index in [-0.39, 0.29) is 12.5 Å². The molecule has 0 fully saturated rings. The number of hydrogen-bond donors (Lipinski definition) is 2. The minimum Gasteiger partial charge on any atom is -0.454 e. The summed E-state index contributed by atoms with van der Waals surface area (Å²) in [5.74, 6) is 1.97. The molecule has 1 aromatic heterocycles. The number of benzene rings is 2. The highest BCUT2D eigenvalue weighted by Gasteiger charge is 2.32. The van der Waals surface area contributed by atoms with E-state index in [0.29, 0.717) is 29.5 Å². The Kier molecular flexibility index (Phi) is 4.51. The molecule has 0 radical (unpaired) electrons. The van der Waals surface area contributed by atoms with E-state index in [0.717, 1.165) is 33.2 Å². The fraction of sp³-hybridized carbons (Fsp3) is 0.111. The summed E-state index contributed by atoms with van der Waals surface area (Å²) in [6.07, 6.45) is 0. The van der Waals surface area contributed by atoms with Gasteiger partial charge in [-0.25, -0.2) is 4.68 Å². The van der Waals surface area contributed by atoms with E-state index in [1.165, 1.54) is 11.8 Å². The van der Waals surface area contributed by atoms with Crippen LogP contribution >= 0.6 is 24.0 Å². The first kappa shape index (κ1) is 18.2. The average Bonchev–Trinajstić information content (AvgIpc) is 3.37. The predicted octanol–water partition coefficient (Wildman–Crippen LogP) is 2.80. The van der Waals surface area contributed by atoms with Gasteiger partial charge in [-0.3, -0.25) is 9.93 Å². The van der Waals surface area contributed by atoms with Gasteiger partial charge >= 0.3 is 0 Å². The van der Waals surface area contributed by atoms with Crippen LogP contribution in [0.15, 0.2) is 41.3 Å². The van der Waals surface area contributed by atoms with Crippen molar-refractivity contribution >= 4 is 29.9 Å². The molecule has 3 aromatic rings. The molecule has 5 rings (SSSR count). The quantitative estimate of drug-likeness (QED) is 0.272. The minimum absolute atomic E-state index is 0.194. The number of carbonyl (C=O) groups excluding carboxylic acids is 1. The van der Waals surface area contributed by atoms with Gasteiger partial charge in [0.2, 0.25) is 6.79 Å². The van der Waals surface area contributed by atoms with E-state index in [9.17, 15) is 4.79 Å². The summed E-state index contributed by atoms with van der Waals surface area (Å²) in [5.41, 5.74) is 9.27. The highest BCUT2D eigenvalue weighted by Crippen LogP contribution is 2.50. The normalized spacial score (nSPS) is 13.7. The number of nitrogens with zero attached hydrogens (tertiary/aromatic N) is 2. The Bertz CT molecular complexity index is 1120. The van der Waals surface area contributed by atoms with Gasteiger partial charge in [-0.15, -0.1) is 11.8 Å². The minimum atomic E-state index is -0.579. The van der Waals surface area contributed by atoms with E-state index < -0.39 is 5.91 Å². The standard InChI is InChI=1S/C18H14N4O5S2/c19-18(23)14-17-15(11-5-6-13-16(25-8-24-13)12(11)7-28-17)22(21-14)9-1-3-10(4-2-9)26-27-29-20/h1-6H,7-8,20H2,(H2,19,23). The van der Waals surface area contributed by atoms with Gasteiger partial charge in [-0.1, -0.05) is 4.33 Å². The maximum absolute atomic E-state index is 12.0. The Morgan fingerprint density at radius 2 is 2.03 bits per heavy atom. The van der Waals surface area contributed by atoms with E-state index >= 15 is 0 Å². The average molecular weight is 430 g/mol. The van der Waals surface area contributed by atoms with Gasteiger partial charge in [0.05, 0.1) is 16.3 Å². The summed E-state index contributed by atoms with van der Waals surface area (Å²) in [4.78, 5) is 17.8. The number of nitrogens with two attached hydrogens (primary N) is 2. The van der Waals surface area contributed by atoms with Gasteiger partial charge in [-0.2, -0.15) is 5.10 Å². The number of ether oxygens (including phenoxy) is 2. The van der Waals surface area contributed by atoms with Crippen LogP contribution in [0.4, 0.5) is 0 Å². The van der Waals surface area contributed by atoms with Gasteiger partial charge in [-0.05, 0) is 36.4 Å². The van der Waals surface area contributed by atoms with E-state index in [4.69, 9.17) is 25.2 Å². The first-order valence-corrected chi connectivity index (χ1v) is 10.2. The first-order valence-electron chi connectivity index (χ1n) is 8.45. The molecule has 29 heavy (non-hydrogen) atoms. The summed E-state index contributed by atoms with van der Waals surface area (Å²) >= 11 is 2.11. The number of thioether (sulfide) groups is 1. The number of aromatic nitrogens is 2. The van der Waals surface area contributed by atoms with Gasteiger partial charge in [0.1, 0.15) is 12.2 Å². The molecule has 0 spiro atoms. The SMILES string of the molecule is NSOOc1ccc(-n2nc(C(N)=O)c3c2-c2ccc4c(c2CS3)OCO4)cc1. The van der Waals surface area contributed by atoms with Crippen molar-refractivity contribution in [1.29, 1.82) is 0 Å². The fourth-order valence-electron chi connectivity index (χ4n) is 3.37. The van der Waals surface area contributed by atoms with E-state index in [1.54, 1.807) is 28.9 Å². The second-order valence-electron chi connectivity index (χ2n) is 6.16. The summed E-state index contributed by atoms with van der Waals surface area (Å²) in [6, 6.07) is 10.8. The third kappa shape index (κ3) is 2.99. The molecule has 4 N–H and O–H groups in total. The maximum Gasteiger partial charge on any atom is 0.270 e. The second kappa shape index (κ2) is 7.19. The Balaban J connectivity index is 1.66. The third-order valence-corrected chi connectivity index (χ3v) is 5.84. The molecule has 2 aliphatic heterocycles. The molecule has 0 unspecified atom stereocenters. The molecule has 9 nitrogen and oxygen atoms in total. The smallest absolute Gasteiger partial charge is 0.270 e. The van der Waals surface area contributed by atoms with Gasteiger partial charge in [0, 0.05) is 16.9 Å². The third-order valence-electron chi connectivity index (χ3n) is 4.58. The van der Waals surface area contributed by atoms with Crippen molar-refractivity contribution in [3.8, 4) is 34.2 Å². The van der Waals surface area contributed by atoms with Crippen LogP contribution in [0.5, 0.6) is 17.2 Å². The monoisotopic (exact) mass is 430 g/mol. The number of carbonyl (C=O) groups is 1. The van der Waals surface area contributed by atoms with Crippen molar-refractivity contribution < 1.29 is 23.5 Å². The van der Waals surface area contributed by atoms with Crippen LogP contribution in [-0.2, 0) is 10.1 Å². The van der Waals surface area contributed by atoms with Crippen LogP contribution in [0.25, 0.3) is 16.9 Å². The maximum atomic E-state index is 12.0. The molecular weight excluding hydrogens is 416 g/mol. The zero-order valence-electron chi connectivity index (χ0n) is 14.8. The lowest BCUT2D eigenvalue weighted by Gasteiger charge is -2.19. The molecule has 148 valence electrons. The summed E-state index contributed by atoms with van der Waals surface area (Å²) in [6.45, 7) is 0.194. The zero-order chi connectivity index (χ0) is 20.0. The van der Waals surface area contributed by atoms with Crippen LogP contribution < -0.4 is 25.2 Å². The number of primary amides is 1. The van der Waals surface area contributed by atoms with E-state index in [1.807, 2.05) is 12.1 Å². The molecule has 2 aromatic carbocycles. The Morgan fingerprint density at radius 3 is 2.79 bits per heavy atom. The van der Waals surface area contributed by atoms with Gasteiger partial charge < -0.3 is 20.1 Å². The van der Waals surface area contributed by atoms with Crippen molar-refractivity contribution in [1.82, 2.24) is 9.78 Å². The number of hydrogen-bond acceptors (Lipinski definition) is 9. The van der Waals surface area contributed by atoms with Crippen LogP contribution in [0, 0.1) is 0 Å². The van der Waals surface area contributed by atoms with Crippen molar-refractivity contribution in [2.75, 3.05) is 6.79 Å². The number of rotatable bonds is 5. The molecule has 0 saturated carbocycles. The molecule has 0 aliphatic carbocycles. The largest absolute Gasteiger partial charge is 0.454 e. The van der Waals surface area contributed by atoms with E-state index in [2.05, 4.69) is 9.43 Å². The first-order chi connectivity index (χ1) is 14.2. The van der Waals surface area contributed by atoms with Crippen LogP contribution in [0.3, 0.4) is 0 Å². The Hall–Kier alpha value is -2.86. The van der Waals surface area contributed by atoms with Gasteiger partial charge in [0.15, 0.2) is 22.9 Å². The van der Waals surface area contributed by atoms with Crippen molar-refractivity contribution in [3.63, 3.8) is 0 Å². The topological polar surface area (TPSA) is 124 Å². The lowest BCUT2D eigenvalue weighted by molar-refractivity contribution is -0.0777. The molecule has 0 atom stereocenters. The predicted molar refractivity (Wildman–Crippen MR) is 107 cm³/mol. The lowest BCUT2D eigenvalue weighted by atomic mass is 10.0. The number of fused-ring (bicyclic) bond motifs is 5. The highest BCUT2D eigenvalue weighted by atomic mass is 32.2. The Labute approximate surface area is 173 Å². The summed E-state index contributed by atoms with van der Waals surface area (Å²) < 4.78 is 17.5.